The van der Waals surface area contributed by atoms with Crippen LogP contribution in [0.3, 0.4) is 0 Å². The molecule has 1 rings (SSSR count). The topological polar surface area (TPSA) is 40.1 Å². The average molecular weight is 187 g/mol. The fourth-order valence-electron chi connectivity index (χ4n) is 1.33. The molecule has 1 aliphatic heterocycles. The Hall–Kier alpha value is 0.270. The molecule has 12 heavy (non-hydrogen) atoms. The molecular formula is C9H19N2S. The predicted octanol–water partition coefficient (Wildman–Crippen LogP) is 1.22. The van der Waals surface area contributed by atoms with Gasteiger partial charge in [0.15, 0.2) is 0 Å². The standard InChI is InChI=1S/C9H19N2S/c1-8(10)2-5-11-9-3-6-12-7-4-9/h8-9H,2-7,10H2,1H3/t8-/m0/s1. The summed E-state index contributed by atoms with van der Waals surface area (Å²) in [6, 6.07) is 0.955. The maximum absolute atomic E-state index is 5.64. The van der Waals surface area contributed by atoms with E-state index in [0.717, 1.165) is 13.0 Å². The van der Waals surface area contributed by atoms with E-state index in [9.17, 15) is 0 Å². The molecule has 0 aromatic heterocycles. The fourth-order valence-corrected chi connectivity index (χ4v) is 2.41. The molecular weight excluding hydrogens is 168 g/mol. The first-order chi connectivity index (χ1) is 5.79. The van der Waals surface area contributed by atoms with Crippen molar-refractivity contribution in [2.45, 2.75) is 38.3 Å². The van der Waals surface area contributed by atoms with Gasteiger partial charge in [0.05, 0.1) is 0 Å². The van der Waals surface area contributed by atoms with E-state index in [0.29, 0.717) is 12.1 Å². The monoisotopic (exact) mass is 187 g/mol. The summed E-state index contributed by atoms with van der Waals surface area (Å²) in [6.45, 7) is 3.01. The summed E-state index contributed by atoms with van der Waals surface area (Å²) in [5, 5.41) is 4.63. The van der Waals surface area contributed by atoms with E-state index in [-0.39, 0.29) is 0 Å². The van der Waals surface area contributed by atoms with E-state index in [1.807, 2.05) is 6.92 Å². The van der Waals surface area contributed by atoms with E-state index in [2.05, 4.69) is 17.1 Å². The summed E-state index contributed by atoms with van der Waals surface area (Å²) in [4.78, 5) is 0. The summed E-state index contributed by atoms with van der Waals surface area (Å²) in [6.07, 6.45) is 3.61. The van der Waals surface area contributed by atoms with Crippen LogP contribution in [0.25, 0.3) is 0 Å². The molecule has 1 atom stereocenters. The van der Waals surface area contributed by atoms with Crippen LogP contribution in [0.1, 0.15) is 26.2 Å². The van der Waals surface area contributed by atoms with Gasteiger partial charge in [-0.2, -0.15) is 11.8 Å². The molecule has 1 fully saturated rings. The molecule has 1 heterocycles. The largest absolute Gasteiger partial charge is 0.328 e. The lowest BCUT2D eigenvalue weighted by molar-refractivity contribution is 0.455. The highest BCUT2D eigenvalue weighted by molar-refractivity contribution is 7.99. The second-order valence-electron chi connectivity index (χ2n) is 3.52. The number of nitrogens with two attached hydrogens (primary N) is 1. The molecule has 0 aromatic rings. The zero-order valence-corrected chi connectivity index (χ0v) is 8.65. The Morgan fingerprint density at radius 2 is 2.17 bits per heavy atom. The van der Waals surface area contributed by atoms with Crippen LogP contribution in [0.5, 0.6) is 0 Å². The van der Waals surface area contributed by atoms with Crippen LogP contribution in [0.4, 0.5) is 0 Å². The molecule has 2 N–H and O–H groups in total. The molecule has 3 heteroatoms. The minimum absolute atomic E-state index is 0.312. The molecule has 1 saturated heterocycles. The lowest BCUT2D eigenvalue weighted by atomic mass is 10.1. The smallest absolute Gasteiger partial charge is 0.0261 e. The highest BCUT2D eigenvalue weighted by Crippen LogP contribution is 2.17. The molecule has 0 spiro atoms. The molecule has 0 bridgehead atoms. The van der Waals surface area contributed by atoms with Gasteiger partial charge in [0.25, 0.3) is 0 Å². The maximum Gasteiger partial charge on any atom is 0.0261 e. The molecule has 1 aliphatic rings. The Morgan fingerprint density at radius 1 is 1.50 bits per heavy atom. The van der Waals surface area contributed by atoms with Crippen molar-refractivity contribution in [2.75, 3.05) is 18.1 Å². The lowest BCUT2D eigenvalue weighted by Gasteiger charge is -2.21. The first kappa shape index (κ1) is 10.4. The number of hydrogen-bond donors (Lipinski definition) is 1. The van der Waals surface area contributed by atoms with E-state index in [1.165, 1.54) is 24.3 Å². The van der Waals surface area contributed by atoms with Crippen LogP contribution in [-0.2, 0) is 0 Å². The van der Waals surface area contributed by atoms with Gasteiger partial charge < -0.3 is 5.73 Å². The second kappa shape index (κ2) is 5.84. The van der Waals surface area contributed by atoms with Crippen LogP contribution in [0, 0.1) is 0 Å². The van der Waals surface area contributed by atoms with Crippen molar-refractivity contribution in [1.82, 2.24) is 5.32 Å². The minimum Gasteiger partial charge on any atom is -0.328 e. The van der Waals surface area contributed by atoms with Crippen molar-refractivity contribution in [3.05, 3.63) is 0 Å². The highest BCUT2D eigenvalue weighted by atomic mass is 32.2. The van der Waals surface area contributed by atoms with Crippen molar-refractivity contribution >= 4 is 11.8 Å². The molecule has 0 unspecified atom stereocenters. The van der Waals surface area contributed by atoms with Gasteiger partial charge in [-0.15, -0.1) is 0 Å². The fraction of sp³-hybridized carbons (Fsp3) is 1.00. The van der Waals surface area contributed by atoms with Crippen molar-refractivity contribution in [3.63, 3.8) is 0 Å². The van der Waals surface area contributed by atoms with Gasteiger partial charge >= 0.3 is 0 Å². The number of nitrogens with zero attached hydrogens (tertiary/aromatic N) is 1. The highest BCUT2D eigenvalue weighted by Gasteiger charge is 2.13. The van der Waals surface area contributed by atoms with E-state index in [4.69, 9.17) is 5.73 Å². The zero-order valence-electron chi connectivity index (χ0n) is 7.83. The number of thioether (sulfide) groups is 1. The Bertz CT molecular complexity index is 111. The van der Waals surface area contributed by atoms with Crippen molar-refractivity contribution in [1.29, 1.82) is 0 Å². The molecule has 1 radical (unpaired) electrons. The Labute approximate surface area is 79.7 Å². The van der Waals surface area contributed by atoms with Gasteiger partial charge in [0.2, 0.25) is 0 Å². The summed E-state index contributed by atoms with van der Waals surface area (Å²) < 4.78 is 0. The van der Waals surface area contributed by atoms with Crippen LogP contribution in [-0.4, -0.2) is 30.1 Å². The number of hydrogen-bond acceptors (Lipinski definition) is 2. The van der Waals surface area contributed by atoms with Crippen LogP contribution >= 0.6 is 11.8 Å². The van der Waals surface area contributed by atoms with Gasteiger partial charge in [0.1, 0.15) is 0 Å². The Balaban J connectivity index is 1.98. The van der Waals surface area contributed by atoms with Crippen molar-refractivity contribution in [3.8, 4) is 0 Å². The third kappa shape index (κ3) is 4.33. The van der Waals surface area contributed by atoms with E-state index >= 15 is 0 Å². The number of rotatable bonds is 4. The summed E-state index contributed by atoms with van der Waals surface area (Å²) in [5.41, 5.74) is 5.64. The first-order valence-electron chi connectivity index (χ1n) is 4.79. The van der Waals surface area contributed by atoms with Gasteiger partial charge in [-0.05, 0) is 37.7 Å². The van der Waals surface area contributed by atoms with Crippen LogP contribution in [0.2, 0.25) is 0 Å². The third-order valence-electron chi connectivity index (χ3n) is 2.16. The van der Waals surface area contributed by atoms with Crippen LogP contribution in [0.15, 0.2) is 0 Å². The molecule has 0 amide bonds. The molecule has 71 valence electrons. The van der Waals surface area contributed by atoms with E-state index < -0.39 is 0 Å². The Kier molecular flexibility index (Phi) is 5.04. The van der Waals surface area contributed by atoms with Gasteiger partial charge in [-0.25, -0.2) is 5.32 Å². The zero-order chi connectivity index (χ0) is 8.81. The molecule has 0 aromatic carbocycles. The van der Waals surface area contributed by atoms with Gasteiger partial charge in [-0.1, -0.05) is 0 Å². The minimum atomic E-state index is 0.312. The summed E-state index contributed by atoms with van der Waals surface area (Å²) in [7, 11) is 0. The van der Waals surface area contributed by atoms with Crippen LogP contribution < -0.4 is 11.1 Å². The van der Waals surface area contributed by atoms with Crippen molar-refractivity contribution in [2.24, 2.45) is 5.73 Å². The van der Waals surface area contributed by atoms with Gasteiger partial charge in [-0.3, -0.25) is 0 Å². The molecule has 0 aliphatic carbocycles. The first-order valence-corrected chi connectivity index (χ1v) is 5.94. The quantitative estimate of drug-likeness (QED) is 0.719. The van der Waals surface area contributed by atoms with Crippen molar-refractivity contribution < 1.29 is 0 Å². The normalized spacial score (nSPS) is 22.5. The second-order valence-corrected chi connectivity index (χ2v) is 4.74. The molecule has 0 saturated carbocycles. The predicted molar refractivity (Wildman–Crippen MR) is 55.6 cm³/mol. The summed E-state index contributed by atoms with van der Waals surface area (Å²) in [5.74, 6) is 2.60. The maximum atomic E-state index is 5.64. The average Bonchev–Trinajstić information content (AvgIpc) is 2.05. The van der Waals surface area contributed by atoms with E-state index in [1.54, 1.807) is 0 Å². The lowest BCUT2D eigenvalue weighted by Crippen LogP contribution is -2.29. The molecule has 2 nitrogen and oxygen atoms in total. The summed E-state index contributed by atoms with van der Waals surface area (Å²) >= 11 is 2.05. The van der Waals surface area contributed by atoms with Gasteiger partial charge in [0, 0.05) is 18.6 Å². The SMILES string of the molecule is C[C@H](N)CC[N]C1CCSCC1. The Morgan fingerprint density at radius 3 is 2.75 bits per heavy atom. The third-order valence-corrected chi connectivity index (χ3v) is 3.21.